The van der Waals surface area contributed by atoms with E-state index < -0.39 is 5.91 Å². The van der Waals surface area contributed by atoms with E-state index in [-0.39, 0.29) is 5.57 Å². The van der Waals surface area contributed by atoms with Crippen LogP contribution >= 0.6 is 0 Å². The van der Waals surface area contributed by atoms with Gasteiger partial charge >= 0.3 is 0 Å². The van der Waals surface area contributed by atoms with Gasteiger partial charge in [-0.05, 0) is 31.0 Å². The van der Waals surface area contributed by atoms with Gasteiger partial charge in [-0.15, -0.1) is 0 Å². The quantitative estimate of drug-likeness (QED) is 0.694. The molecular formula is C18H17N3O2. The number of para-hydroxylation sites is 1. The van der Waals surface area contributed by atoms with Crippen LogP contribution in [0.3, 0.4) is 0 Å². The Balaban J connectivity index is 1.73. The minimum absolute atomic E-state index is 0.0103. The molecule has 0 unspecified atom stereocenters. The molecule has 0 bridgehead atoms. The zero-order valence-corrected chi connectivity index (χ0v) is 12.7. The second kappa shape index (κ2) is 6.84. The van der Waals surface area contributed by atoms with Gasteiger partial charge in [-0.1, -0.05) is 18.2 Å². The van der Waals surface area contributed by atoms with Crippen molar-refractivity contribution in [1.29, 1.82) is 5.26 Å². The molecule has 0 saturated carbocycles. The monoisotopic (exact) mass is 307 g/mol. The molecule has 1 amide bonds. The van der Waals surface area contributed by atoms with Gasteiger partial charge in [0.1, 0.15) is 17.4 Å². The first-order chi connectivity index (χ1) is 11.3. The molecule has 1 aliphatic heterocycles. The Bertz CT molecular complexity index is 750. The predicted octanol–water partition coefficient (Wildman–Crippen LogP) is 3.43. The van der Waals surface area contributed by atoms with Gasteiger partial charge in [-0.2, -0.15) is 5.26 Å². The Morgan fingerprint density at radius 3 is 2.61 bits per heavy atom. The smallest absolute Gasteiger partial charge is 0.266 e. The van der Waals surface area contributed by atoms with E-state index in [1.54, 1.807) is 18.2 Å². The second-order valence-electron chi connectivity index (χ2n) is 5.36. The fraction of sp³-hybridized carbons (Fsp3) is 0.222. The maximum atomic E-state index is 12.2. The summed E-state index contributed by atoms with van der Waals surface area (Å²) in [6.07, 6.45) is 3.79. The first-order valence-corrected chi connectivity index (χ1v) is 7.59. The Morgan fingerprint density at radius 1 is 1.17 bits per heavy atom. The number of nitriles is 1. The van der Waals surface area contributed by atoms with Crippen LogP contribution in [0.15, 0.2) is 52.5 Å². The van der Waals surface area contributed by atoms with E-state index in [1.165, 1.54) is 6.08 Å². The molecule has 23 heavy (non-hydrogen) atoms. The summed E-state index contributed by atoms with van der Waals surface area (Å²) in [5.74, 6) is 0.846. The van der Waals surface area contributed by atoms with Crippen LogP contribution in [0.2, 0.25) is 0 Å². The number of furan rings is 1. The van der Waals surface area contributed by atoms with Crippen LogP contribution < -0.4 is 10.2 Å². The normalized spacial score (nSPS) is 14.6. The maximum Gasteiger partial charge on any atom is 0.266 e. The number of carbonyl (C=O) groups is 1. The van der Waals surface area contributed by atoms with Crippen LogP contribution in [0.25, 0.3) is 6.08 Å². The highest BCUT2D eigenvalue weighted by Crippen LogP contribution is 2.24. The number of hydrogen-bond acceptors (Lipinski definition) is 4. The molecule has 0 radical (unpaired) electrons. The largest absolute Gasteiger partial charge is 0.441 e. The van der Waals surface area contributed by atoms with Gasteiger partial charge in [0.05, 0.1) is 0 Å². The molecule has 1 aromatic heterocycles. The maximum absolute atomic E-state index is 12.2. The third-order valence-electron chi connectivity index (χ3n) is 3.71. The lowest BCUT2D eigenvalue weighted by Crippen LogP contribution is -2.16. The van der Waals surface area contributed by atoms with Crippen molar-refractivity contribution in [2.45, 2.75) is 12.8 Å². The Labute approximate surface area is 134 Å². The van der Waals surface area contributed by atoms with Crippen molar-refractivity contribution in [3.8, 4) is 6.07 Å². The van der Waals surface area contributed by atoms with Crippen LogP contribution in [0.1, 0.15) is 18.6 Å². The van der Waals surface area contributed by atoms with Gasteiger partial charge in [0, 0.05) is 30.9 Å². The highest BCUT2D eigenvalue weighted by atomic mass is 16.4. The molecule has 0 atom stereocenters. The molecule has 0 spiro atoms. The standard InChI is InChI=1S/C18H17N3O2/c19-13-14(18(22)20-15-6-2-1-3-7-15)12-16-8-9-17(23-16)21-10-4-5-11-21/h1-3,6-9,12H,4-5,10-11H2,(H,20,22). The molecule has 2 aromatic rings. The zero-order chi connectivity index (χ0) is 16.1. The fourth-order valence-corrected chi connectivity index (χ4v) is 2.54. The Morgan fingerprint density at radius 2 is 1.91 bits per heavy atom. The Kier molecular flexibility index (Phi) is 4.44. The van der Waals surface area contributed by atoms with E-state index in [9.17, 15) is 10.1 Å². The highest BCUT2D eigenvalue weighted by molar-refractivity contribution is 6.09. The van der Waals surface area contributed by atoms with E-state index in [2.05, 4.69) is 10.2 Å². The van der Waals surface area contributed by atoms with Crippen molar-refractivity contribution in [3.05, 3.63) is 53.8 Å². The number of amides is 1. The molecule has 0 aliphatic carbocycles. The third-order valence-corrected chi connectivity index (χ3v) is 3.71. The molecule has 5 nitrogen and oxygen atoms in total. The van der Waals surface area contributed by atoms with Crippen molar-refractivity contribution < 1.29 is 9.21 Å². The van der Waals surface area contributed by atoms with Gasteiger partial charge in [0.25, 0.3) is 5.91 Å². The number of hydrogen-bond donors (Lipinski definition) is 1. The molecule has 1 aliphatic rings. The highest BCUT2D eigenvalue weighted by Gasteiger charge is 2.16. The number of benzene rings is 1. The fourth-order valence-electron chi connectivity index (χ4n) is 2.54. The summed E-state index contributed by atoms with van der Waals surface area (Å²) < 4.78 is 5.72. The van der Waals surface area contributed by atoms with Crippen molar-refractivity contribution >= 4 is 23.6 Å². The van der Waals surface area contributed by atoms with Crippen LogP contribution in [-0.4, -0.2) is 19.0 Å². The molecule has 5 heteroatoms. The number of nitrogens with one attached hydrogen (secondary N) is 1. The van der Waals surface area contributed by atoms with Crippen molar-refractivity contribution in [2.75, 3.05) is 23.3 Å². The van der Waals surface area contributed by atoms with E-state index >= 15 is 0 Å². The number of rotatable bonds is 4. The molecule has 116 valence electrons. The van der Waals surface area contributed by atoms with Crippen LogP contribution in [0.4, 0.5) is 11.6 Å². The molecule has 3 rings (SSSR count). The summed E-state index contributed by atoms with van der Waals surface area (Å²) in [6, 6.07) is 14.6. The SMILES string of the molecule is N#CC(=Cc1ccc(N2CCCC2)o1)C(=O)Nc1ccccc1. The molecule has 1 N–H and O–H groups in total. The number of nitrogens with zero attached hydrogens (tertiary/aromatic N) is 2. The molecule has 2 heterocycles. The van der Waals surface area contributed by atoms with E-state index in [4.69, 9.17) is 4.42 Å². The molecule has 1 saturated heterocycles. The van der Waals surface area contributed by atoms with Crippen molar-refractivity contribution in [3.63, 3.8) is 0 Å². The third kappa shape index (κ3) is 3.61. The number of carbonyl (C=O) groups excluding carboxylic acids is 1. The molecular weight excluding hydrogens is 290 g/mol. The van der Waals surface area contributed by atoms with E-state index in [0.29, 0.717) is 11.4 Å². The first kappa shape index (κ1) is 14.9. The average Bonchev–Trinajstić information content (AvgIpc) is 3.24. The molecule has 1 aromatic carbocycles. The van der Waals surface area contributed by atoms with Crippen LogP contribution in [0, 0.1) is 11.3 Å². The summed E-state index contributed by atoms with van der Waals surface area (Å²) >= 11 is 0. The summed E-state index contributed by atoms with van der Waals surface area (Å²) in [5, 5.41) is 11.9. The predicted molar refractivity (Wildman–Crippen MR) is 88.8 cm³/mol. The minimum atomic E-state index is -0.446. The van der Waals surface area contributed by atoms with E-state index in [1.807, 2.05) is 30.3 Å². The minimum Gasteiger partial charge on any atom is -0.441 e. The van der Waals surface area contributed by atoms with E-state index in [0.717, 1.165) is 31.8 Å². The topological polar surface area (TPSA) is 69.3 Å². The Hall–Kier alpha value is -3.00. The lowest BCUT2D eigenvalue weighted by Gasteiger charge is -2.12. The van der Waals surface area contributed by atoms with Crippen molar-refractivity contribution in [2.24, 2.45) is 0 Å². The van der Waals surface area contributed by atoms with Gasteiger partial charge < -0.3 is 14.6 Å². The van der Waals surface area contributed by atoms with Gasteiger partial charge in [0.15, 0.2) is 5.88 Å². The first-order valence-electron chi connectivity index (χ1n) is 7.59. The lowest BCUT2D eigenvalue weighted by atomic mass is 10.2. The molecule has 1 fully saturated rings. The van der Waals surface area contributed by atoms with Gasteiger partial charge in [0.2, 0.25) is 0 Å². The summed E-state index contributed by atoms with van der Waals surface area (Å²) in [7, 11) is 0. The second-order valence-corrected chi connectivity index (χ2v) is 5.36. The van der Waals surface area contributed by atoms with Gasteiger partial charge in [-0.3, -0.25) is 4.79 Å². The summed E-state index contributed by atoms with van der Waals surface area (Å²) in [4.78, 5) is 14.3. The van der Waals surface area contributed by atoms with Crippen LogP contribution in [-0.2, 0) is 4.79 Å². The zero-order valence-electron chi connectivity index (χ0n) is 12.7. The number of anilines is 2. The summed E-state index contributed by atoms with van der Waals surface area (Å²) in [5.41, 5.74) is 0.659. The van der Waals surface area contributed by atoms with Gasteiger partial charge in [-0.25, -0.2) is 0 Å². The van der Waals surface area contributed by atoms with Crippen LogP contribution in [0.5, 0.6) is 0 Å². The average molecular weight is 307 g/mol. The van der Waals surface area contributed by atoms with Crippen molar-refractivity contribution in [1.82, 2.24) is 0 Å². The lowest BCUT2D eigenvalue weighted by molar-refractivity contribution is -0.112. The summed E-state index contributed by atoms with van der Waals surface area (Å²) in [6.45, 7) is 1.96.